The molecule has 0 bridgehead atoms. The molecule has 0 aromatic heterocycles. The second kappa shape index (κ2) is 7.38. The summed E-state index contributed by atoms with van der Waals surface area (Å²) in [4.78, 5) is 2.10. The van der Waals surface area contributed by atoms with E-state index in [0.29, 0.717) is 0 Å². The Bertz CT molecular complexity index is 811. The fourth-order valence-electron chi connectivity index (χ4n) is 3.07. The average molecular weight is 371 g/mol. The van der Waals surface area contributed by atoms with Crippen LogP contribution in [0, 0.1) is 0 Å². The van der Waals surface area contributed by atoms with Crippen LogP contribution in [0.15, 0.2) is 66.7 Å². The number of anilines is 2. The molecule has 3 aromatic rings. The molecule has 0 aliphatic carbocycles. The van der Waals surface area contributed by atoms with Gasteiger partial charge in [0.2, 0.25) is 0 Å². The highest BCUT2D eigenvalue weighted by atomic mass is 35.5. The lowest BCUT2D eigenvalue weighted by Crippen LogP contribution is -2.15. The number of rotatable bonds is 4. The van der Waals surface area contributed by atoms with Crippen molar-refractivity contribution < 1.29 is 0 Å². The summed E-state index contributed by atoms with van der Waals surface area (Å²) in [6, 6.07) is 21.9. The van der Waals surface area contributed by atoms with Crippen LogP contribution in [-0.2, 0) is 0 Å². The van der Waals surface area contributed by atoms with Crippen molar-refractivity contribution in [3.63, 3.8) is 0 Å². The van der Waals surface area contributed by atoms with Gasteiger partial charge < -0.3 is 10.6 Å². The minimum atomic E-state index is 0.0374. The molecule has 3 rings (SSSR count). The molecule has 0 radical (unpaired) electrons. The minimum absolute atomic E-state index is 0.0374. The van der Waals surface area contributed by atoms with Crippen LogP contribution in [0.5, 0.6) is 0 Å². The van der Waals surface area contributed by atoms with E-state index in [1.54, 1.807) is 0 Å². The lowest BCUT2D eigenvalue weighted by molar-refractivity contribution is 0.959. The molecule has 0 atom stereocenters. The first-order valence-electron chi connectivity index (χ1n) is 8.03. The van der Waals surface area contributed by atoms with Gasteiger partial charge in [-0.15, -0.1) is 0 Å². The summed E-state index contributed by atoms with van der Waals surface area (Å²) >= 11 is 12.2. The topological polar surface area (TPSA) is 29.3 Å². The van der Waals surface area contributed by atoms with Gasteiger partial charge in [-0.2, -0.15) is 0 Å². The second-order valence-corrected chi connectivity index (χ2v) is 7.12. The maximum Gasteiger partial charge on any atom is 0.0406 e. The number of hydrogen-bond donors (Lipinski definition) is 1. The Morgan fingerprint density at radius 1 is 0.760 bits per heavy atom. The van der Waals surface area contributed by atoms with E-state index in [9.17, 15) is 0 Å². The van der Waals surface area contributed by atoms with E-state index in [2.05, 4.69) is 35.2 Å². The number of hydrogen-bond acceptors (Lipinski definition) is 2. The summed E-state index contributed by atoms with van der Waals surface area (Å²) in [6.45, 7) is 0. The van der Waals surface area contributed by atoms with Gasteiger partial charge in [0.15, 0.2) is 0 Å². The van der Waals surface area contributed by atoms with Crippen LogP contribution in [0.3, 0.4) is 0 Å². The van der Waals surface area contributed by atoms with Gasteiger partial charge in [-0.25, -0.2) is 0 Å². The smallest absolute Gasteiger partial charge is 0.0406 e. The average Bonchev–Trinajstić information content (AvgIpc) is 2.58. The van der Waals surface area contributed by atoms with Gasteiger partial charge in [0.05, 0.1) is 0 Å². The lowest BCUT2D eigenvalue weighted by Gasteiger charge is -2.25. The molecule has 3 aromatic carbocycles. The van der Waals surface area contributed by atoms with Crippen molar-refractivity contribution in [3.05, 3.63) is 93.5 Å². The normalized spacial score (nSPS) is 10.9. The van der Waals surface area contributed by atoms with Crippen LogP contribution >= 0.6 is 23.2 Å². The first-order chi connectivity index (χ1) is 12.0. The van der Waals surface area contributed by atoms with Gasteiger partial charge in [0, 0.05) is 41.4 Å². The quantitative estimate of drug-likeness (QED) is 0.462. The third kappa shape index (κ3) is 3.92. The number of nitrogens with zero attached hydrogens (tertiary/aromatic N) is 1. The molecule has 0 unspecified atom stereocenters. The van der Waals surface area contributed by atoms with Gasteiger partial charge in [0.1, 0.15) is 0 Å². The monoisotopic (exact) mass is 370 g/mol. The van der Waals surface area contributed by atoms with Crippen LogP contribution in [0.4, 0.5) is 11.4 Å². The predicted molar refractivity (Wildman–Crippen MR) is 109 cm³/mol. The lowest BCUT2D eigenvalue weighted by atomic mass is 9.84. The summed E-state index contributed by atoms with van der Waals surface area (Å²) in [5, 5.41) is 1.44. The molecule has 0 heterocycles. The van der Waals surface area contributed by atoms with E-state index in [-0.39, 0.29) is 5.92 Å². The molecule has 2 N–H and O–H groups in total. The molecule has 0 aliphatic heterocycles. The molecule has 2 nitrogen and oxygen atoms in total. The van der Waals surface area contributed by atoms with Crippen LogP contribution in [-0.4, -0.2) is 14.1 Å². The Balaban J connectivity index is 2.23. The third-order valence-corrected chi connectivity index (χ3v) is 4.76. The van der Waals surface area contributed by atoms with Crippen molar-refractivity contribution in [2.24, 2.45) is 0 Å². The van der Waals surface area contributed by atoms with Gasteiger partial charge >= 0.3 is 0 Å². The van der Waals surface area contributed by atoms with E-state index >= 15 is 0 Å². The Hall–Kier alpha value is -2.16. The van der Waals surface area contributed by atoms with Crippen LogP contribution in [0.25, 0.3) is 0 Å². The SMILES string of the molecule is CN(C)c1ccc(N)cc1C(c1ccc(Cl)cc1)c1ccc(Cl)cc1. The van der Waals surface area contributed by atoms with E-state index in [4.69, 9.17) is 28.9 Å². The Morgan fingerprint density at radius 3 is 1.68 bits per heavy atom. The predicted octanol–water partition coefficient (Wildman–Crippen LogP) is 5.82. The zero-order valence-electron chi connectivity index (χ0n) is 14.2. The second-order valence-electron chi connectivity index (χ2n) is 6.25. The van der Waals surface area contributed by atoms with Gasteiger partial charge in [0.25, 0.3) is 0 Å². The minimum Gasteiger partial charge on any atom is -0.399 e. The number of nitrogens with two attached hydrogens (primary N) is 1. The summed E-state index contributed by atoms with van der Waals surface area (Å²) in [6.07, 6.45) is 0. The summed E-state index contributed by atoms with van der Waals surface area (Å²) in [5.74, 6) is 0.0374. The molecular formula is C21H20Cl2N2. The highest BCUT2D eigenvalue weighted by Crippen LogP contribution is 2.38. The summed E-state index contributed by atoms with van der Waals surface area (Å²) in [5.41, 5.74) is 11.4. The van der Waals surface area contributed by atoms with Gasteiger partial charge in [-0.1, -0.05) is 47.5 Å². The van der Waals surface area contributed by atoms with Crippen molar-refractivity contribution in [2.75, 3.05) is 24.7 Å². The number of nitrogen functional groups attached to an aromatic ring is 1. The Labute approximate surface area is 158 Å². The van der Waals surface area contributed by atoms with E-state index < -0.39 is 0 Å². The van der Waals surface area contributed by atoms with E-state index in [1.807, 2.05) is 50.5 Å². The van der Waals surface area contributed by atoms with Crippen molar-refractivity contribution in [3.8, 4) is 0 Å². The van der Waals surface area contributed by atoms with Crippen LogP contribution in [0.1, 0.15) is 22.6 Å². The first kappa shape index (κ1) is 17.7. The van der Waals surface area contributed by atoms with Crippen molar-refractivity contribution in [1.29, 1.82) is 0 Å². The molecule has 4 heteroatoms. The first-order valence-corrected chi connectivity index (χ1v) is 8.79. The van der Waals surface area contributed by atoms with Gasteiger partial charge in [-0.3, -0.25) is 0 Å². The van der Waals surface area contributed by atoms with Crippen molar-refractivity contribution in [2.45, 2.75) is 5.92 Å². The van der Waals surface area contributed by atoms with Crippen LogP contribution in [0.2, 0.25) is 10.0 Å². The molecule has 0 aliphatic rings. The van der Waals surface area contributed by atoms with Crippen LogP contribution < -0.4 is 10.6 Å². The maximum absolute atomic E-state index is 6.11. The molecule has 0 saturated carbocycles. The molecule has 0 saturated heterocycles. The van der Waals surface area contributed by atoms with Crippen molar-refractivity contribution in [1.82, 2.24) is 0 Å². The Kier molecular flexibility index (Phi) is 5.22. The molecule has 0 amide bonds. The maximum atomic E-state index is 6.11. The summed E-state index contributed by atoms with van der Waals surface area (Å²) in [7, 11) is 4.08. The molecular weight excluding hydrogens is 351 g/mol. The van der Waals surface area contributed by atoms with E-state index in [0.717, 1.165) is 38.1 Å². The number of halogens is 2. The zero-order chi connectivity index (χ0) is 18.0. The number of benzene rings is 3. The van der Waals surface area contributed by atoms with E-state index in [1.165, 1.54) is 0 Å². The zero-order valence-corrected chi connectivity index (χ0v) is 15.7. The molecule has 0 fully saturated rings. The Morgan fingerprint density at radius 2 is 1.24 bits per heavy atom. The molecule has 0 spiro atoms. The molecule has 25 heavy (non-hydrogen) atoms. The third-order valence-electron chi connectivity index (χ3n) is 4.25. The highest BCUT2D eigenvalue weighted by molar-refractivity contribution is 6.30. The fourth-order valence-corrected chi connectivity index (χ4v) is 3.33. The van der Waals surface area contributed by atoms with Crippen molar-refractivity contribution >= 4 is 34.6 Å². The highest BCUT2D eigenvalue weighted by Gasteiger charge is 2.21. The largest absolute Gasteiger partial charge is 0.399 e. The molecule has 128 valence electrons. The summed E-state index contributed by atoms with van der Waals surface area (Å²) < 4.78 is 0. The fraction of sp³-hybridized carbons (Fsp3) is 0.143. The van der Waals surface area contributed by atoms with Gasteiger partial charge in [-0.05, 0) is 59.2 Å². The standard InChI is InChI=1S/C21H20Cl2N2/c1-25(2)20-12-11-18(24)13-19(20)21(14-3-7-16(22)8-4-14)15-5-9-17(23)10-6-15/h3-13,21H,24H2,1-2H3.